The van der Waals surface area contributed by atoms with Gasteiger partial charge in [0.2, 0.25) is 0 Å². The van der Waals surface area contributed by atoms with E-state index < -0.39 is 0 Å². The summed E-state index contributed by atoms with van der Waals surface area (Å²) in [5, 5.41) is 8.67. The first-order chi connectivity index (χ1) is 13.7. The van der Waals surface area contributed by atoms with Crippen LogP contribution in [0.25, 0.3) is 15.9 Å². The Kier molecular flexibility index (Phi) is 5.26. The molecule has 0 radical (unpaired) electrons. The summed E-state index contributed by atoms with van der Waals surface area (Å²) < 4.78 is 1.91. The Hall–Kier alpha value is -2.92. The lowest BCUT2D eigenvalue weighted by atomic mass is 10.1. The van der Waals surface area contributed by atoms with E-state index in [2.05, 4.69) is 29.5 Å². The maximum atomic E-state index is 12.8. The van der Waals surface area contributed by atoms with Crippen LogP contribution < -0.4 is 5.32 Å². The maximum Gasteiger partial charge on any atom is 0.265 e. The highest BCUT2D eigenvalue weighted by molar-refractivity contribution is 7.20. The number of unbranched alkanes of at least 4 members (excludes halogenated alkanes) is 1. The number of carbonyl (C=O) groups excluding carboxylic acids is 1. The van der Waals surface area contributed by atoms with E-state index in [1.54, 1.807) is 0 Å². The number of aryl methyl sites for hydroxylation is 2. The first-order valence-electron chi connectivity index (χ1n) is 9.60. The first kappa shape index (κ1) is 18.4. The van der Waals surface area contributed by atoms with E-state index in [1.165, 1.54) is 29.7 Å². The summed E-state index contributed by atoms with van der Waals surface area (Å²) >= 11 is 1.47. The molecular weight excluding hydrogens is 366 g/mol. The minimum absolute atomic E-state index is 0.0819. The van der Waals surface area contributed by atoms with E-state index in [4.69, 9.17) is 0 Å². The van der Waals surface area contributed by atoms with E-state index in [1.807, 2.05) is 60.1 Å². The number of fused-ring (bicyclic) bond motifs is 1. The summed E-state index contributed by atoms with van der Waals surface area (Å²) in [6.45, 7) is 4.17. The lowest BCUT2D eigenvalue weighted by molar-refractivity contribution is 0.103. The van der Waals surface area contributed by atoms with Crippen LogP contribution in [-0.2, 0) is 6.42 Å². The summed E-state index contributed by atoms with van der Waals surface area (Å²) in [6, 6.07) is 20.1. The average Bonchev–Trinajstić information content (AvgIpc) is 3.29. The van der Waals surface area contributed by atoms with Crippen molar-refractivity contribution in [2.24, 2.45) is 0 Å². The number of aromatic nitrogens is 2. The molecule has 0 saturated heterocycles. The van der Waals surface area contributed by atoms with Gasteiger partial charge in [-0.1, -0.05) is 43.7 Å². The Morgan fingerprint density at radius 3 is 2.57 bits per heavy atom. The molecule has 2 heterocycles. The minimum Gasteiger partial charge on any atom is -0.321 e. The summed E-state index contributed by atoms with van der Waals surface area (Å²) in [5.74, 6) is -0.0819. The Morgan fingerprint density at radius 1 is 1.11 bits per heavy atom. The van der Waals surface area contributed by atoms with E-state index in [9.17, 15) is 4.79 Å². The molecule has 5 heteroatoms. The maximum absolute atomic E-state index is 12.8. The molecule has 2 aromatic carbocycles. The highest BCUT2D eigenvalue weighted by atomic mass is 32.1. The van der Waals surface area contributed by atoms with Gasteiger partial charge >= 0.3 is 0 Å². The molecular formula is C23H23N3OS. The number of thiophene rings is 1. The van der Waals surface area contributed by atoms with Crippen LogP contribution in [-0.4, -0.2) is 15.7 Å². The zero-order valence-corrected chi connectivity index (χ0v) is 16.9. The molecule has 4 nitrogen and oxygen atoms in total. The minimum atomic E-state index is -0.0819. The van der Waals surface area contributed by atoms with Gasteiger partial charge in [-0.3, -0.25) is 4.79 Å². The van der Waals surface area contributed by atoms with Crippen molar-refractivity contribution in [2.75, 3.05) is 5.32 Å². The predicted molar refractivity (Wildman–Crippen MR) is 117 cm³/mol. The predicted octanol–water partition coefficient (Wildman–Crippen LogP) is 5.99. The number of anilines is 1. The van der Waals surface area contributed by atoms with Crippen LogP contribution in [0.15, 0.2) is 60.7 Å². The fourth-order valence-electron chi connectivity index (χ4n) is 3.23. The van der Waals surface area contributed by atoms with Crippen LogP contribution in [0.3, 0.4) is 0 Å². The van der Waals surface area contributed by atoms with Crippen molar-refractivity contribution in [3.05, 3.63) is 76.8 Å². The number of para-hydroxylation sites is 1. The largest absolute Gasteiger partial charge is 0.321 e. The molecule has 0 saturated carbocycles. The first-order valence-corrected chi connectivity index (χ1v) is 10.4. The molecule has 0 atom stereocenters. The highest BCUT2D eigenvalue weighted by Gasteiger charge is 2.17. The molecule has 2 aromatic heterocycles. The molecule has 0 fully saturated rings. The van der Waals surface area contributed by atoms with Gasteiger partial charge in [-0.15, -0.1) is 11.3 Å². The van der Waals surface area contributed by atoms with Crippen LogP contribution >= 0.6 is 11.3 Å². The number of hydrogen-bond acceptors (Lipinski definition) is 3. The van der Waals surface area contributed by atoms with Gasteiger partial charge in [0.25, 0.3) is 5.91 Å². The van der Waals surface area contributed by atoms with Crippen LogP contribution in [0.4, 0.5) is 5.69 Å². The number of hydrogen-bond donors (Lipinski definition) is 1. The number of carbonyl (C=O) groups is 1. The fraction of sp³-hybridized carbons (Fsp3) is 0.217. The lowest BCUT2D eigenvalue weighted by Crippen LogP contribution is -2.10. The zero-order chi connectivity index (χ0) is 19.5. The van der Waals surface area contributed by atoms with E-state index in [0.29, 0.717) is 4.88 Å². The molecule has 28 heavy (non-hydrogen) atoms. The SMILES string of the molecule is CCCCc1ccc(NC(=O)c2cc3c(C)nn(-c4ccccc4)c3s2)cc1. The number of rotatable bonds is 6. The molecule has 0 bridgehead atoms. The lowest BCUT2D eigenvalue weighted by Gasteiger charge is -2.05. The second kappa shape index (κ2) is 7.98. The fourth-order valence-corrected chi connectivity index (χ4v) is 4.31. The zero-order valence-electron chi connectivity index (χ0n) is 16.1. The van der Waals surface area contributed by atoms with E-state index >= 15 is 0 Å². The third kappa shape index (κ3) is 3.71. The van der Waals surface area contributed by atoms with Gasteiger partial charge in [-0.05, 0) is 55.7 Å². The highest BCUT2D eigenvalue weighted by Crippen LogP contribution is 2.30. The molecule has 142 valence electrons. The molecule has 1 amide bonds. The van der Waals surface area contributed by atoms with Gasteiger partial charge in [0.05, 0.1) is 16.3 Å². The van der Waals surface area contributed by atoms with Crippen molar-refractivity contribution in [3.63, 3.8) is 0 Å². The monoisotopic (exact) mass is 389 g/mol. The number of nitrogens with zero attached hydrogens (tertiary/aromatic N) is 2. The second-order valence-electron chi connectivity index (χ2n) is 6.92. The molecule has 0 aliphatic carbocycles. The molecule has 0 unspecified atom stereocenters. The molecule has 0 aliphatic rings. The topological polar surface area (TPSA) is 46.9 Å². The Balaban J connectivity index is 1.56. The van der Waals surface area contributed by atoms with Gasteiger partial charge < -0.3 is 5.32 Å². The van der Waals surface area contributed by atoms with E-state index in [-0.39, 0.29) is 5.91 Å². The van der Waals surface area contributed by atoms with Gasteiger partial charge in [-0.2, -0.15) is 5.10 Å². The van der Waals surface area contributed by atoms with Crippen LogP contribution in [0.1, 0.15) is 40.7 Å². The van der Waals surface area contributed by atoms with Gasteiger partial charge in [0.15, 0.2) is 0 Å². The summed E-state index contributed by atoms with van der Waals surface area (Å²) in [6.07, 6.45) is 3.45. The Labute approximate surface area is 168 Å². The Morgan fingerprint density at radius 2 is 1.86 bits per heavy atom. The van der Waals surface area contributed by atoms with Gasteiger partial charge in [0, 0.05) is 11.1 Å². The van der Waals surface area contributed by atoms with Gasteiger partial charge in [0.1, 0.15) is 4.83 Å². The second-order valence-corrected chi connectivity index (χ2v) is 7.95. The van der Waals surface area contributed by atoms with Crippen LogP contribution in [0.2, 0.25) is 0 Å². The third-order valence-electron chi connectivity index (χ3n) is 4.80. The van der Waals surface area contributed by atoms with Crippen molar-refractivity contribution in [3.8, 4) is 5.69 Å². The number of nitrogens with one attached hydrogen (secondary N) is 1. The quantitative estimate of drug-likeness (QED) is 0.440. The van der Waals surface area contributed by atoms with Crippen molar-refractivity contribution in [1.29, 1.82) is 0 Å². The summed E-state index contributed by atoms with van der Waals surface area (Å²) in [4.78, 5) is 14.4. The third-order valence-corrected chi connectivity index (χ3v) is 5.91. The summed E-state index contributed by atoms with van der Waals surface area (Å²) in [5.41, 5.74) is 4.05. The molecule has 0 aliphatic heterocycles. The van der Waals surface area contributed by atoms with Crippen LogP contribution in [0, 0.1) is 6.92 Å². The number of benzene rings is 2. The molecule has 0 spiro atoms. The average molecular weight is 390 g/mol. The van der Waals surface area contributed by atoms with Crippen molar-refractivity contribution in [2.45, 2.75) is 33.1 Å². The standard InChI is InChI=1S/C23H23N3OS/c1-3-4-8-17-11-13-18(14-12-17)24-22(27)21-15-20-16(2)25-26(23(20)28-21)19-9-6-5-7-10-19/h5-7,9-15H,3-4,8H2,1-2H3,(H,24,27). The molecule has 4 rings (SSSR count). The summed E-state index contributed by atoms with van der Waals surface area (Å²) in [7, 11) is 0. The number of amides is 1. The van der Waals surface area contributed by atoms with Crippen LogP contribution in [0.5, 0.6) is 0 Å². The van der Waals surface area contributed by atoms with Gasteiger partial charge in [-0.25, -0.2) is 4.68 Å². The van der Waals surface area contributed by atoms with Crippen molar-refractivity contribution >= 4 is 33.1 Å². The van der Waals surface area contributed by atoms with Crippen molar-refractivity contribution in [1.82, 2.24) is 9.78 Å². The smallest absolute Gasteiger partial charge is 0.265 e. The molecule has 4 aromatic rings. The van der Waals surface area contributed by atoms with Crippen molar-refractivity contribution < 1.29 is 4.79 Å². The molecule has 1 N–H and O–H groups in total. The normalized spacial score (nSPS) is 11.1. The van der Waals surface area contributed by atoms with E-state index in [0.717, 1.165) is 33.7 Å². The Bertz CT molecular complexity index is 1090.